The van der Waals surface area contributed by atoms with Crippen LogP contribution in [0.5, 0.6) is 5.75 Å². The fourth-order valence-corrected chi connectivity index (χ4v) is 3.40. The maximum atomic E-state index is 12.5. The van der Waals surface area contributed by atoms with E-state index < -0.39 is 0 Å². The molecule has 0 spiro atoms. The molecule has 2 aromatic carbocycles. The highest BCUT2D eigenvalue weighted by Crippen LogP contribution is 2.21. The summed E-state index contributed by atoms with van der Waals surface area (Å²) in [5.74, 6) is 1.72. The van der Waals surface area contributed by atoms with Gasteiger partial charge in [-0.2, -0.15) is 0 Å². The van der Waals surface area contributed by atoms with Crippen LogP contribution in [0.25, 0.3) is 10.9 Å². The highest BCUT2D eigenvalue weighted by Gasteiger charge is 2.14. The monoisotopic (exact) mass is 378 g/mol. The molecule has 0 aliphatic carbocycles. The summed E-state index contributed by atoms with van der Waals surface area (Å²) < 4.78 is 5.68. The van der Waals surface area contributed by atoms with E-state index in [4.69, 9.17) is 4.74 Å². The molecule has 2 aromatic heterocycles. The molecule has 0 bridgehead atoms. The lowest BCUT2D eigenvalue weighted by Gasteiger charge is -2.03. The lowest BCUT2D eigenvalue weighted by molar-refractivity contribution is 0.102. The molecule has 7 heteroatoms. The molecular weight excluding hydrogens is 360 g/mol. The molecule has 4 rings (SSSR count). The van der Waals surface area contributed by atoms with Crippen LogP contribution in [0.1, 0.15) is 21.7 Å². The second-order valence-corrected chi connectivity index (χ2v) is 7.07. The largest absolute Gasteiger partial charge is 0.486 e. The number of ketones is 1. The summed E-state index contributed by atoms with van der Waals surface area (Å²) in [6, 6.07) is 15.6. The van der Waals surface area contributed by atoms with Crippen LogP contribution < -0.4 is 4.74 Å². The average Bonchev–Trinajstić information content (AvgIpc) is 3.32. The van der Waals surface area contributed by atoms with Crippen molar-refractivity contribution in [2.24, 2.45) is 0 Å². The first-order chi connectivity index (χ1) is 13.2. The normalized spacial score (nSPS) is 11.0. The van der Waals surface area contributed by atoms with Gasteiger partial charge >= 0.3 is 0 Å². The predicted molar refractivity (Wildman–Crippen MR) is 105 cm³/mol. The van der Waals surface area contributed by atoms with Crippen molar-refractivity contribution in [3.63, 3.8) is 0 Å². The lowest BCUT2D eigenvalue weighted by atomic mass is 10.1. The lowest BCUT2D eigenvalue weighted by Crippen LogP contribution is -2.01. The third-order valence-corrected chi connectivity index (χ3v) is 4.98. The number of H-pyrrole nitrogens is 2. The average molecular weight is 378 g/mol. The van der Waals surface area contributed by atoms with E-state index >= 15 is 0 Å². The first kappa shape index (κ1) is 17.4. The van der Waals surface area contributed by atoms with Gasteiger partial charge < -0.3 is 9.72 Å². The molecule has 0 atom stereocenters. The maximum Gasteiger partial charge on any atom is 0.208 e. The molecule has 4 aromatic rings. The van der Waals surface area contributed by atoms with Crippen molar-refractivity contribution < 1.29 is 9.53 Å². The van der Waals surface area contributed by atoms with Gasteiger partial charge in [0.05, 0.1) is 5.75 Å². The molecule has 136 valence electrons. The van der Waals surface area contributed by atoms with Gasteiger partial charge in [0.1, 0.15) is 12.4 Å². The number of nitrogens with zero attached hydrogens (tertiary/aromatic N) is 2. The minimum absolute atomic E-state index is 0.0414. The Morgan fingerprint density at radius 2 is 1.96 bits per heavy atom. The van der Waals surface area contributed by atoms with Gasteiger partial charge in [-0.15, -0.1) is 5.10 Å². The molecule has 0 saturated heterocycles. The Morgan fingerprint density at radius 3 is 2.81 bits per heavy atom. The summed E-state index contributed by atoms with van der Waals surface area (Å²) in [7, 11) is 0. The van der Waals surface area contributed by atoms with Gasteiger partial charge in [0.2, 0.25) is 5.16 Å². The number of fused-ring (bicyclic) bond motifs is 1. The number of carbonyl (C=O) groups excluding carboxylic acids is 1. The number of para-hydroxylation sites is 1. The van der Waals surface area contributed by atoms with E-state index in [9.17, 15) is 4.79 Å². The fraction of sp³-hybridized carbons (Fsp3) is 0.150. The number of ether oxygens (including phenoxy) is 1. The third kappa shape index (κ3) is 4.03. The Bertz CT molecular complexity index is 1070. The van der Waals surface area contributed by atoms with Crippen molar-refractivity contribution in [1.82, 2.24) is 20.2 Å². The number of nitrogens with one attached hydrogen (secondary N) is 2. The van der Waals surface area contributed by atoms with Crippen molar-refractivity contribution in [2.45, 2.75) is 18.7 Å². The van der Waals surface area contributed by atoms with Gasteiger partial charge in [-0.05, 0) is 25.1 Å². The van der Waals surface area contributed by atoms with Crippen LogP contribution in [0.2, 0.25) is 0 Å². The maximum absolute atomic E-state index is 12.5. The standard InChI is InChI=1S/C20H18N4O2S/c1-13-6-8-14(9-7-13)26-11-19-22-20(24-23-19)27-12-18(25)16-10-21-17-5-3-2-4-15(16)17/h2-10,21H,11-12H2,1H3,(H,22,23,24). The summed E-state index contributed by atoms with van der Waals surface area (Å²) in [5, 5.41) is 8.46. The molecular formula is C20H18N4O2S. The van der Waals surface area contributed by atoms with Crippen LogP contribution in [0, 0.1) is 6.92 Å². The summed E-state index contributed by atoms with van der Waals surface area (Å²) in [4.78, 5) is 20.0. The molecule has 0 unspecified atom stereocenters. The molecule has 0 aliphatic rings. The van der Waals surface area contributed by atoms with Gasteiger partial charge in [-0.1, -0.05) is 47.7 Å². The SMILES string of the molecule is Cc1ccc(OCc2nc(SCC(=O)c3c[nH]c4ccccc34)n[nH]2)cc1. The van der Waals surface area contributed by atoms with Crippen LogP contribution >= 0.6 is 11.8 Å². The van der Waals surface area contributed by atoms with Crippen LogP contribution in [0.15, 0.2) is 59.9 Å². The Hall–Kier alpha value is -3.06. The quantitative estimate of drug-likeness (QED) is 0.373. The van der Waals surface area contributed by atoms with Crippen molar-refractivity contribution in [3.05, 3.63) is 71.7 Å². The van der Waals surface area contributed by atoms with E-state index in [1.807, 2.05) is 55.5 Å². The molecule has 27 heavy (non-hydrogen) atoms. The number of Topliss-reactive ketones (excluding diaryl/α,β-unsaturated/α-hetero) is 1. The highest BCUT2D eigenvalue weighted by molar-refractivity contribution is 7.99. The number of thioether (sulfide) groups is 1. The molecule has 0 aliphatic heterocycles. The molecule has 0 radical (unpaired) electrons. The number of rotatable bonds is 7. The Kier molecular flexibility index (Phi) is 4.93. The number of carbonyl (C=O) groups is 1. The minimum atomic E-state index is 0.0414. The molecule has 0 saturated carbocycles. The van der Waals surface area contributed by atoms with E-state index in [1.165, 1.54) is 17.3 Å². The van der Waals surface area contributed by atoms with Gasteiger partial charge in [0, 0.05) is 22.7 Å². The zero-order chi connectivity index (χ0) is 18.6. The van der Waals surface area contributed by atoms with E-state index in [0.717, 1.165) is 16.7 Å². The highest BCUT2D eigenvalue weighted by atomic mass is 32.2. The summed E-state index contributed by atoms with van der Waals surface area (Å²) >= 11 is 1.31. The van der Waals surface area contributed by atoms with Gasteiger partial charge in [-0.25, -0.2) is 4.98 Å². The van der Waals surface area contributed by atoms with E-state index in [0.29, 0.717) is 23.2 Å². The van der Waals surface area contributed by atoms with E-state index in [1.54, 1.807) is 6.20 Å². The molecule has 6 nitrogen and oxygen atoms in total. The Morgan fingerprint density at radius 1 is 1.15 bits per heavy atom. The zero-order valence-corrected chi connectivity index (χ0v) is 15.5. The van der Waals surface area contributed by atoms with Crippen molar-refractivity contribution in [2.75, 3.05) is 5.75 Å². The predicted octanol–water partition coefficient (Wildman–Crippen LogP) is 4.15. The van der Waals surface area contributed by atoms with Crippen molar-refractivity contribution in [3.8, 4) is 5.75 Å². The third-order valence-electron chi connectivity index (χ3n) is 4.13. The number of hydrogen-bond donors (Lipinski definition) is 2. The number of aryl methyl sites for hydroxylation is 1. The first-order valence-electron chi connectivity index (χ1n) is 8.52. The number of benzene rings is 2. The van der Waals surface area contributed by atoms with E-state index in [-0.39, 0.29) is 11.5 Å². The van der Waals surface area contributed by atoms with E-state index in [2.05, 4.69) is 20.2 Å². The number of aromatic nitrogens is 4. The van der Waals surface area contributed by atoms with Crippen LogP contribution in [-0.4, -0.2) is 31.7 Å². The topological polar surface area (TPSA) is 83.7 Å². The smallest absolute Gasteiger partial charge is 0.208 e. The fourth-order valence-electron chi connectivity index (χ4n) is 2.70. The zero-order valence-electron chi connectivity index (χ0n) is 14.7. The first-order valence-corrected chi connectivity index (χ1v) is 9.50. The van der Waals surface area contributed by atoms with Crippen LogP contribution in [0.4, 0.5) is 0 Å². The van der Waals surface area contributed by atoms with Crippen molar-refractivity contribution in [1.29, 1.82) is 0 Å². The van der Waals surface area contributed by atoms with Gasteiger partial charge in [0.15, 0.2) is 11.6 Å². The minimum Gasteiger partial charge on any atom is -0.486 e. The van der Waals surface area contributed by atoms with Gasteiger partial charge in [0.25, 0.3) is 0 Å². The summed E-state index contributed by atoms with van der Waals surface area (Å²) in [6.45, 7) is 2.33. The van der Waals surface area contributed by atoms with Gasteiger partial charge in [-0.3, -0.25) is 9.89 Å². The number of hydrogen-bond acceptors (Lipinski definition) is 5. The summed E-state index contributed by atoms with van der Waals surface area (Å²) in [6.07, 6.45) is 1.76. The van der Waals surface area contributed by atoms with Crippen LogP contribution in [-0.2, 0) is 6.61 Å². The molecule has 0 amide bonds. The Balaban J connectivity index is 1.34. The molecule has 2 heterocycles. The van der Waals surface area contributed by atoms with Crippen LogP contribution in [0.3, 0.4) is 0 Å². The Labute approximate surface area is 160 Å². The second-order valence-electron chi connectivity index (χ2n) is 6.13. The molecule has 0 fully saturated rings. The summed E-state index contributed by atoms with van der Waals surface area (Å²) in [5.41, 5.74) is 2.83. The van der Waals surface area contributed by atoms with Crippen molar-refractivity contribution >= 4 is 28.4 Å². The number of aromatic amines is 2. The molecule has 2 N–H and O–H groups in total. The second kappa shape index (κ2) is 7.67.